The van der Waals surface area contributed by atoms with Crippen LogP contribution in [-0.2, 0) is 14.3 Å². The van der Waals surface area contributed by atoms with Crippen LogP contribution in [0.4, 0.5) is 0 Å². The molecule has 0 saturated carbocycles. The number of carbonyl (C=O) groups is 4. The lowest BCUT2D eigenvalue weighted by molar-refractivity contribution is -0.151. The zero-order valence-corrected chi connectivity index (χ0v) is 11.6. The lowest BCUT2D eigenvalue weighted by Crippen LogP contribution is -2.44. The molecule has 2 rings (SSSR count). The van der Waals surface area contributed by atoms with Crippen molar-refractivity contribution in [3.8, 4) is 0 Å². The Bertz CT molecular complexity index is 591. The lowest BCUT2D eigenvalue weighted by Gasteiger charge is -2.20. The Morgan fingerprint density at radius 2 is 1.71 bits per heavy atom. The van der Waals surface area contributed by atoms with Crippen LogP contribution in [0.1, 0.15) is 27.6 Å². The average molecular weight is 290 g/mol. The number of hydrogen-bond acceptors (Lipinski definition) is 5. The van der Waals surface area contributed by atoms with E-state index in [0.29, 0.717) is 0 Å². The van der Waals surface area contributed by atoms with E-state index in [4.69, 9.17) is 4.74 Å². The molecule has 7 heteroatoms. The predicted molar refractivity (Wildman–Crippen MR) is 71.4 cm³/mol. The Labute approximate surface area is 120 Å². The molecule has 0 saturated heterocycles. The first-order chi connectivity index (χ1) is 9.97. The van der Waals surface area contributed by atoms with E-state index in [1.807, 2.05) is 0 Å². The van der Waals surface area contributed by atoms with Gasteiger partial charge >= 0.3 is 5.97 Å². The Morgan fingerprint density at radius 3 is 2.19 bits per heavy atom. The molecule has 1 aromatic carbocycles. The molecule has 0 radical (unpaired) electrons. The molecule has 0 aliphatic carbocycles. The lowest BCUT2D eigenvalue weighted by atomic mass is 10.1. The van der Waals surface area contributed by atoms with Gasteiger partial charge in [0, 0.05) is 7.05 Å². The van der Waals surface area contributed by atoms with Crippen molar-refractivity contribution in [2.24, 2.45) is 0 Å². The second-order valence-electron chi connectivity index (χ2n) is 4.48. The van der Waals surface area contributed by atoms with Crippen molar-refractivity contribution in [1.82, 2.24) is 10.2 Å². The van der Waals surface area contributed by atoms with Crippen LogP contribution >= 0.6 is 0 Å². The van der Waals surface area contributed by atoms with E-state index in [-0.39, 0.29) is 11.1 Å². The molecular formula is C14H14N2O5. The SMILES string of the molecule is CNC(=O)COC(=O)[C@H](C)N1C(=O)c2ccccc2C1=O. The van der Waals surface area contributed by atoms with E-state index in [1.165, 1.54) is 26.1 Å². The van der Waals surface area contributed by atoms with Crippen LogP contribution in [0.5, 0.6) is 0 Å². The van der Waals surface area contributed by atoms with E-state index in [0.717, 1.165) is 4.90 Å². The minimum absolute atomic E-state index is 0.258. The van der Waals surface area contributed by atoms with Gasteiger partial charge in [0.1, 0.15) is 6.04 Å². The third-order valence-electron chi connectivity index (χ3n) is 3.18. The molecule has 1 N–H and O–H groups in total. The first kappa shape index (κ1) is 14.7. The van der Waals surface area contributed by atoms with Gasteiger partial charge in [0.25, 0.3) is 17.7 Å². The first-order valence-electron chi connectivity index (χ1n) is 6.31. The number of benzene rings is 1. The Hall–Kier alpha value is -2.70. The van der Waals surface area contributed by atoms with Crippen molar-refractivity contribution < 1.29 is 23.9 Å². The summed E-state index contributed by atoms with van der Waals surface area (Å²) >= 11 is 0. The van der Waals surface area contributed by atoms with Gasteiger partial charge in [-0.15, -0.1) is 0 Å². The summed E-state index contributed by atoms with van der Waals surface area (Å²) in [7, 11) is 1.41. The highest BCUT2D eigenvalue weighted by atomic mass is 16.5. The molecule has 7 nitrogen and oxygen atoms in total. The van der Waals surface area contributed by atoms with Gasteiger partial charge in [0.15, 0.2) is 6.61 Å². The van der Waals surface area contributed by atoms with Gasteiger partial charge in [-0.1, -0.05) is 12.1 Å². The molecule has 0 spiro atoms. The molecular weight excluding hydrogens is 276 g/mol. The van der Waals surface area contributed by atoms with E-state index in [2.05, 4.69) is 5.32 Å². The van der Waals surface area contributed by atoms with Crippen molar-refractivity contribution in [2.45, 2.75) is 13.0 Å². The third kappa shape index (κ3) is 2.62. The molecule has 1 aliphatic rings. The topological polar surface area (TPSA) is 92.8 Å². The summed E-state index contributed by atoms with van der Waals surface area (Å²) in [6.07, 6.45) is 0. The molecule has 0 unspecified atom stereocenters. The molecule has 110 valence electrons. The molecule has 21 heavy (non-hydrogen) atoms. The van der Waals surface area contributed by atoms with Crippen LogP contribution in [-0.4, -0.2) is 48.3 Å². The van der Waals surface area contributed by atoms with E-state index >= 15 is 0 Å². The van der Waals surface area contributed by atoms with Crippen molar-refractivity contribution in [3.05, 3.63) is 35.4 Å². The van der Waals surface area contributed by atoms with Gasteiger partial charge < -0.3 is 10.1 Å². The van der Waals surface area contributed by atoms with Gasteiger partial charge in [-0.3, -0.25) is 19.3 Å². The van der Waals surface area contributed by atoms with E-state index < -0.39 is 36.3 Å². The normalized spacial score (nSPS) is 14.7. The third-order valence-corrected chi connectivity index (χ3v) is 3.18. The fraction of sp³-hybridized carbons (Fsp3) is 0.286. The van der Waals surface area contributed by atoms with Crippen LogP contribution in [0, 0.1) is 0 Å². The molecule has 1 aromatic rings. The Kier molecular flexibility index (Phi) is 4.02. The van der Waals surface area contributed by atoms with Crippen LogP contribution in [0.2, 0.25) is 0 Å². The minimum atomic E-state index is -1.10. The van der Waals surface area contributed by atoms with Gasteiger partial charge in [-0.05, 0) is 19.1 Å². The molecule has 0 bridgehead atoms. The number of imide groups is 1. The number of nitrogens with zero attached hydrogens (tertiary/aromatic N) is 1. The summed E-state index contributed by atoms with van der Waals surface area (Å²) in [6, 6.07) is 5.24. The Morgan fingerprint density at radius 1 is 1.19 bits per heavy atom. The van der Waals surface area contributed by atoms with Crippen LogP contribution in [0.15, 0.2) is 24.3 Å². The maximum atomic E-state index is 12.2. The predicted octanol–water partition coefficient (Wildman–Crippen LogP) is -0.0397. The van der Waals surface area contributed by atoms with Gasteiger partial charge in [0.05, 0.1) is 11.1 Å². The maximum Gasteiger partial charge on any atom is 0.329 e. The molecule has 0 fully saturated rings. The number of likely N-dealkylation sites (N-methyl/N-ethyl adjacent to an activating group) is 1. The van der Waals surface area contributed by atoms with Gasteiger partial charge in [0.2, 0.25) is 0 Å². The number of ether oxygens (including phenoxy) is 1. The molecule has 3 amide bonds. The Balaban J connectivity index is 2.12. The largest absolute Gasteiger partial charge is 0.454 e. The second-order valence-corrected chi connectivity index (χ2v) is 4.48. The maximum absolute atomic E-state index is 12.2. The number of nitrogens with one attached hydrogen (secondary N) is 1. The number of fused-ring (bicyclic) bond motifs is 1. The summed E-state index contributed by atoms with van der Waals surface area (Å²) in [5, 5.41) is 2.30. The quantitative estimate of drug-likeness (QED) is 0.620. The smallest absolute Gasteiger partial charge is 0.329 e. The van der Waals surface area contributed by atoms with E-state index in [1.54, 1.807) is 12.1 Å². The van der Waals surface area contributed by atoms with Crippen molar-refractivity contribution in [3.63, 3.8) is 0 Å². The highest BCUT2D eigenvalue weighted by molar-refractivity contribution is 6.22. The molecule has 1 atom stereocenters. The van der Waals surface area contributed by atoms with Crippen molar-refractivity contribution in [2.75, 3.05) is 13.7 Å². The number of hydrogen-bond donors (Lipinski definition) is 1. The number of rotatable bonds is 4. The summed E-state index contributed by atoms with van der Waals surface area (Å²) in [4.78, 5) is 48.1. The van der Waals surface area contributed by atoms with Gasteiger partial charge in [-0.25, -0.2) is 4.79 Å². The minimum Gasteiger partial charge on any atom is -0.454 e. The van der Waals surface area contributed by atoms with E-state index in [9.17, 15) is 19.2 Å². The fourth-order valence-electron chi connectivity index (χ4n) is 1.99. The summed E-state index contributed by atoms with van der Waals surface area (Å²) in [6.45, 7) is 0.927. The monoisotopic (exact) mass is 290 g/mol. The molecule has 0 aromatic heterocycles. The van der Waals surface area contributed by atoms with Crippen molar-refractivity contribution >= 4 is 23.7 Å². The van der Waals surface area contributed by atoms with Crippen LogP contribution < -0.4 is 5.32 Å². The van der Waals surface area contributed by atoms with Crippen LogP contribution in [0.3, 0.4) is 0 Å². The van der Waals surface area contributed by atoms with Gasteiger partial charge in [-0.2, -0.15) is 0 Å². The number of amides is 3. The molecule has 1 heterocycles. The summed E-state index contributed by atoms with van der Waals surface area (Å²) in [5.74, 6) is -2.37. The van der Waals surface area contributed by atoms with Crippen molar-refractivity contribution in [1.29, 1.82) is 0 Å². The fourth-order valence-corrected chi connectivity index (χ4v) is 1.99. The number of esters is 1. The second kappa shape index (κ2) is 5.74. The summed E-state index contributed by atoms with van der Waals surface area (Å²) < 4.78 is 4.77. The highest BCUT2D eigenvalue weighted by Gasteiger charge is 2.41. The van der Waals surface area contributed by atoms with Crippen LogP contribution in [0.25, 0.3) is 0 Å². The standard InChI is InChI=1S/C14H14N2O5/c1-8(14(20)21-7-11(17)15-2)16-12(18)9-5-3-4-6-10(9)13(16)19/h3-6,8H,7H2,1-2H3,(H,15,17)/t8-/m0/s1. The molecule has 1 aliphatic heterocycles. The highest BCUT2D eigenvalue weighted by Crippen LogP contribution is 2.24. The first-order valence-corrected chi connectivity index (χ1v) is 6.31. The zero-order chi connectivity index (χ0) is 15.6. The zero-order valence-electron chi connectivity index (χ0n) is 11.6. The number of carbonyl (C=O) groups excluding carboxylic acids is 4. The summed E-state index contributed by atoms with van der Waals surface area (Å²) in [5.41, 5.74) is 0.516. The average Bonchev–Trinajstić information content (AvgIpc) is 2.76.